The van der Waals surface area contributed by atoms with Gasteiger partial charge in [-0.05, 0) is 11.6 Å². The van der Waals surface area contributed by atoms with Crippen molar-refractivity contribution in [3.8, 4) is 0 Å². The molecule has 1 unspecified atom stereocenters. The molecule has 0 aliphatic carbocycles. The van der Waals surface area contributed by atoms with Gasteiger partial charge in [-0.25, -0.2) is 4.21 Å². The van der Waals surface area contributed by atoms with E-state index in [-0.39, 0.29) is 0 Å². The molecular weight excluding hydrogens is 172 g/mol. The van der Waals surface area contributed by atoms with Gasteiger partial charge in [-0.2, -0.15) is 0 Å². The SMILES string of the molecule is COS(=O)C=Cc1ccccc1. The van der Waals surface area contributed by atoms with Gasteiger partial charge in [0, 0.05) is 5.41 Å². The maximum atomic E-state index is 10.8. The maximum Gasteiger partial charge on any atom is 0.181 e. The van der Waals surface area contributed by atoms with Crippen LogP contribution < -0.4 is 0 Å². The van der Waals surface area contributed by atoms with Gasteiger partial charge in [0.05, 0.1) is 7.11 Å². The molecule has 0 heterocycles. The van der Waals surface area contributed by atoms with Crippen LogP contribution in [0.2, 0.25) is 0 Å². The summed E-state index contributed by atoms with van der Waals surface area (Å²) in [5.74, 6) is 0. The Morgan fingerprint density at radius 1 is 1.33 bits per heavy atom. The Hall–Kier alpha value is -0.930. The van der Waals surface area contributed by atoms with E-state index >= 15 is 0 Å². The van der Waals surface area contributed by atoms with Gasteiger partial charge < -0.3 is 0 Å². The van der Waals surface area contributed by atoms with Crippen LogP contribution in [0.1, 0.15) is 5.56 Å². The summed E-state index contributed by atoms with van der Waals surface area (Å²) in [6.45, 7) is 0. The topological polar surface area (TPSA) is 26.3 Å². The minimum atomic E-state index is -1.31. The highest BCUT2D eigenvalue weighted by molar-refractivity contribution is 7.83. The molecule has 0 spiro atoms. The molecule has 64 valence electrons. The molecule has 1 aromatic rings. The Kier molecular flexibility index (Phi) is 3.70. The Labute approximate surface area is 74.5 Å². The Morgan fingerprint density at radius 2 is 2.00 bits per heavy atom. The highest BCUT2D eigenvalue weighted by Gasteiger charge is 1.87. The molecule has 0 N–H and O–H groups in total. The number of rotatable bonds is 3. The van der Waals surface area contributed by atoms with Crippen molar-refractivity contribution in [3.05, 3.63) is 41.3 Å². The second-order valence-corrected chi connectivity index (χ2v) is 3.27. The van der Waals surface area contributed by atoms with Gasteiger partial charge in [-0.3, -0.25) is 4.18 Å². The molecule has 0 radical (unpaired) electrons. The normalized spacial score (nSPS) is 13.4. The van der Waals surface area contributed by atoms with E-state index in [1.807, 2.05) is 30.3 Å². The molecule has 0 saturated heterocycles. The summed E-state index contributed by atoms with van der Waals surface area (Å²) < 4.78 is 15.3. The van der Waals surface area contributed by atoms with Crippen molar-refractivity contribution in [2.45, 2.75) is 0 Å². The van der Waals surface area contributed by atoms with Crippen LogP contribution in [0.5, 0.6) is 0 Å². The van der Waals surface area contributed by atoms with Crippen molar-refractivity contribution < 1.29 is 8.39 Å². The van der Waals surface area contributed by atoms with E-state index in [0.29, 0.717) is 0 Å². The monoisotopic (exact) mass is 182 g/mol. The predicted molar refractivity (Wildman–Crippen MR) is 50.6 cm³/mol. The van der Waals surface area contributed by atoms with Crippen LogP contribution in [0.15, 0.2) is 35.7 Å². The third-order valence-corrected chi connectivity index (χ3v) is 2.02. The number of hydrogen-bond donors (Lipinski definition) is 0. The lowest BCUT2D eigenvalue weighted by atomic mass is 10.2. The molecule has 12 heavy (non-hydrogen) atoms. The Balaban J connectivity index is 2.64. The fraction of sp³-hybridized carbons (Fsp3) is 0.111. The summed E-state index contributed by atoms with van der Waals surface area (Å²) in [5.41, 5.74) is 1.02. The molecule has 1 atom stereocenters. The molecule has 0 saturated carbocycles. The van der Waals surface area contributed by atoms with Crippen molar-refractivity contribution >= 4 is 17.2 Å². The second-order valence-electron chi connectivity index (χ2n) is 2.14. The Morgan fingerprint density at radius 3 is 2.58 bits per heavy atom. The van der Waals surface area contributed by atoms with Gasteiger partial charge in [0.25, 0.3) is 0 Å². The van der Waals surface area contributed by atoms with Crippen LogP contribution >= 0.6 is 0 Å². The van der Waals surface area contributed by atoms with E-state index < -0.39 is 11.1 Å². The molecule has 0 aliphatic rings. The zero-order valence-electron chi connectivity index (χ0n) is 6.77. The lowest BCUT2D eigenvalue weighted by Gasteiger charge is -1.90. The predicted octanol–water partition coefficient (Wildman–Crippen LogP) is 1.97. The van der Waals surface area contributed by atoms with E-state index in [0.717, 1.165) is 5.56 Å². The molecular formula is C9H10O2S. The minimum absolute atomic E-state index is 1.02. The van der Waals surface area contributed by atoms with Gasteiger partial charge in [-0.15, -0.1) is 0 Å². The van der Waals surface area contributed by atoms with Crippen LogP contribution in [-0.2, 0) is 15.3 Å². The van der Waals surface area contributed by atoms with Crippen LogP contribution in [0, 0.1) is 0 Å². The first-order valence-electron chi connectivity index (χ1n) is 3.51. The van der Waals surface area contributed by atoms with Crippen molar-refractivity contribution in [3.63, 3.8) is 0 Å². The maximum absolute atomic E-state index is 10.8. The molecule has 1 rings (SSSR count). The third-order valence-electron chi connectivity index (χ3n) is 1.34. The molecule has 0 aromatic heterocycles. The molecule has 1 aromatic carbocycles. The smallest absolute Gasteiger partial charge is 0.181 e. The first kappa shape index (κ1) is 9.16. The molecule has 0 aliphatic heterocycles. The van der Waals surface area contributed by atoms with Gasteiger partial charge in [0.15, 0.2) is 11.1 Å². The standard InChI is InChI=1S/C9H10O2S/c1-11-12(10)8-7-9-5-3-2-4-6-9/h2-8H,1H3. The van der Waals surface area contributed by atoms with Gasteiger partial charge >= 0.3 is 0 Å². The summed E-state index contributed by atoms with van der Waals surface area (Å²) in [7, 11) is 1.41. The zero-order chi connectivity index (χ0) is 8.81. The van der Waals surface area contributed by atoms with Crippen molar-refractivity contribution in [2.24, 2.45) is 0 Å². The first-order valence-corrected chi connectivity index (χ1v) is 4.65. The minimum Gasteiger partial charge on any atom is -0.291 e. The lowest BCUT2D eigenvalue weighted by Crippen LogP contribution is -1.84. The van der Waals surface area contributed by atoms with Crippen LogP contribution in [0.25, 0.3) is 6.08 Å². The molecule has 0 fully saturated rings. The molecule has 0 bridgehead atoms. The Bertz CT molecular complexity index is 280. The van der Waals surface area contributed by atoms with E-state index in [2.05, 4.69) is 4.18 Å². The van der Waals surface area contributed by atoms with E-state index in [9.17, 15) is 4.21 Å². The van der Waals surface area contributed by atoms with E-state index in [1.165, 1.54) is 12.5 Å². The first-order chi connectivity index (χ1) is 5.83. The van der Waals surface area contributed by atoms with Gasteiger partial charge in [-0.1, -0.05) is 30.3 Å². The summed E-state index contributed by atoms with van der Waals surface area (Å²) in [5, 5.41) is 1.51. The number of benzene rings is 1. The molecule has 2 nitrogen and oxygen atoms in total. The fourth-order valence-electron chi connectivity index (χ4n) is 0.754. The lowest BCUT2D eigenvalue weighted by molar-refractivity contribution is 0.452. The van der Waals surface area contributed by atoms with Crippen molar-refractivity contribution in [1.29, 1.82) is 0 Å². The van der Waals surface area contributed by atoms with Crippen LogP contribution in [0.3, 0.4) is 0 Å². The quantitative estimate of drug-likeness (QED) is 0.714. The number of hydrogen-bond acceptors (Lipinski definition) is 2. The largest absolute Gasteiger partial charge is 0.291 e. The average molecular weight is 182 g/mol. The summed E-state index contributed by atoms with van der Waals surface area (Å²) in [4.78, 5) is 0. The van der Waals surface area contributed by atoms with Crippen molar-refractivity contribution in [2.75, 3.05) is 7.11 Å². The van der Waals surface area contributed by atoms with Crippen LogP contribution in [-0.4, -0.2) is 11.3 Å². The van der Waals surface area contributed by atoms with Crippen molar-refractivity contribution in [1.82, 2.24) is 0 Å². The fourth-order valence-corrected chi connectivity index (χ4v) is 1.13. The summed E-state index contributed by atoms with van der Waals surface area (Å²) in [6, 6.07) is 9.65. The average Bonchev–Trinajstić information content (AvgIpc) is 2.16. The second kappa shape index (κ2) is 4.85. The summed E-state index contributed by atoms with van der Waals surface area (Å²) in [6.07, 6.45) is 1.76. The zero-order valence-corrected chi connectivity index (χ0v) is 7.58. The summed E-state index contributed by atoms with van der Waals surface area (Å²) >= 11 is -1.31. The highest BCUT2D eigenvalue weighted by Crippen LogP contribution is 2.01. The molecule has 0 amide bonds. The van der Waals surface area contributed by atoms with E-state index in [1.54, 1.807) is 6.08 Å². The molecule has 3 heteroatoms. The van der Waals surface area contributed by atoms with Gasteiger partial charge in [0.1, 0.15) is 0 Å². The third kappa shape index (κ3) is 2.98. The highest BCUT2D eigenvalue weighted by atomic mass is 32.2. The van der Waals surface area contributed by atoms with E-state index in [4.69, 9.17) is 0 Å². The van der Waals surface area contributed by atoms with Crippen LogP contribution in [0.4, 0.5) is 0 Å². The van der Waals surface area contributed by atoms with Gasteiger partial charge in [0.2, 0.25) is 0 Å².